The fourth-order valence-electron chi connectivity index (χ4n) is 3.36. The number of rotatable bonds is 15. The summed E-state index contributed by atoms with van der Waals surface area (Å²) in [5.74, 6) is 0.874. The molecule has 0 unspecified atom stereocenters. The van der Waals surface area contributed by atoms with Crippen LogP contribution in [0.1, 0.15) is 83.5 Å². The van der Waals surface area contributed by atoms with E-state index in [4.69, 9.17) is 4.74 Å². The van der Waals surface area contributed by atoms with Crippen molar-refractivity contribution in [3.8, 4) is 0 Å². The van der Waals surface area contributed by atoms with E-state index < -0.39 is 0 Å². The van der Waals surface area contributed by atoms with Gasteiger partial charge in [-0.3, -0.25) is 4.79 Å². The predicted octanol–water partition coefficient (Wildman–Crippen LogP) is 3.93. The molecule has 140 valence electrons. The van der Waals surface area contributed by atoms with Crippen LogP contribution in [-0.2, 0) is 9.53 Å². The van der Waals surface area contributed by atoms with Gasteiger partial charge in [0.2, 0.25) is 0 Å². The highest BCUT2D eigenvalue weighted by atomic mass is 16.5. The molecule has 0 aromatic heterocycles. The van der Waals surface area contributed by atoms with Gasteiger partial charge < -0.3 is 9.64 Å². The monoisotopic (exact) mass is 338 g/mol. The maximum Gasteiger partial charge on any atom is 0.305 e. The van der Waals surface area contributed by atoms with Crippen LogP contribution in [-0.4, -0.2) is 33.2 Å². The summed E-state index contributed by atoms with van der Waals surface area (Å²) in [6, 6.07) is 0. The van der Waals surface area contributed by atoms with Crippen molar-refractivity contribution in [1.29, 1.82) is 0 Å². The first-order chi connectivity index (χ1) is 11.7. The van der Waals surface area contributed by atoms with Gasteiger partial charge in [-0.25, -0.2) is 0 Å². The maximum absolute atomic E-state index is 11.6. The number of allylic oxidation sites excluding steroid dienone is 2. The molecule has 0 fully saturated rings. The Balaban J connectivity index is 1.75. The summed E-state index contributed by atoms with van der Waals surface area (Å²) in [6.45, 7) is 1.64. The molecule has 3 nitrogen and oxygen atoms in total. The largest absolute Gasteiger partial charge is 0.465 e. The molecule has 0 radical (unpaired) electrons. The number of ether oxygens (including phenoxy) is 1. The quantitative estimate of drug-likeness (QED) is 0.279. The molecule has 0 bridgehead atoms. The molecule has 0 heterocycles. The number of unbranched alkanes of at least 4 members (excludes halogenated alkanes) is 7. The lowest BCUT2D eigenvalue weighted by Gasteiger charge is -2.08. The summed E-state index contributed by atoms with van der Waals surface area (Å²) in [4.78, 5) is 13.0. The second-order valence-corrected chi connectivity index (χ2v) is 7.66. The predicted molar refractivity (Wildman–Crippen MR) is 101 cm³/mol. The number of hydrogen-bond acceptors (Lipinski definition) is 2. The zero-order valence-corrected chi connectivity index (χ0v) is 16.2. The normalized spacial score (nSPS) is 16.9. The van der Waals surface area contributed by atoms with Crippen LogP contribution < -0.4 is 4.90 Å². The van der Waals surface area contributed by atoms with E-state index in [0.717, 1.165) is 25.3 Å². The van der Waals surface area contributed by atoms with Gasteiger partial charge in [-0.05, 0) is 31.6 Å². The zero-order chi connectivity index (χ0) is 17.5. The molecule has 1 rings (SSSR count). The van der Waals surface area contributed by atoms with Gasteiger partial charge in [-0.2, -0.15) is 0 Å². The van der Waals surface area contributed by atoms with Crippen molar-refractivity contribution >= 4 is 5.97 Å². The summed E-state index contributed by atoms with van der Waals surface area (Å²) in [5, 5.41) is 0. The van der Waals surface area contributed by atoms with Gasteiger partial charge in [-0.15, -0.1) is 0 Å². The maximum atomic E-state index is 11.6. The number of nitrogens with one attached hydrogen (secondary N) is 1. The molecule has 0 aromatic rings. The lowest BCUT2D eigenvalue weighted by atomic mass is 9.99. The van der Waals surface area contributed by atoms with Crippen LogP contribution in [0.4, 0.5) is 0 Å². The Labute approximate surface area is 149 Å². The summed E-state index contributed by atoms with van der Waals surface area (Å²) >= 11 is 0. The highest BCUT2D eigenvalue weighted by Gasteiger charge is 2.08. The molecule has 1 atom stereocenters. The smallest absolute Gasteiger partial charge is 0.305 e. The molecular formula is C21H40NO2+. The van der Waals surface area contributed by atoms with Crippen LogP contribution in [0.3, 0.4) is 0 Å². The van der Waals surface area contributed by atoms with Crippen LogP contribution in [0.15, 0.2) is 12.2 Å². The van der Waals surface area contributed by atoms with Crippen LogP contribution in [0.2, 0.25) is 0 Å². The van der Waals surface area contributed by atoms with Crippen molar-refractivity contribution in [3.63, 3.8) is 0 Å². The second-order valence-electron chi connectivity index (χ2n) is 7.66. The molecule has 1 aliphatic rings. The summed E-state index contributed by atoms with van der Waals surface area (Å²) in [5.41, 5.74) is 0. The van der Waals surface area contributed by atoms with E-state index >= 15 is 0 Å². The topological polar surface area (TPSA) is 30.7 Å². The van der Waals surface area contributed by atoms with Crippen LogP contribution in [0.25, 0.3) is 0 Å². The lowest BCUT2D eigenvalue weighted by molar-refractivity contribution is -0.858. The third-order valence-electron chi connectivity index (χ3n) is 4.90. The van der Waals surface area contributed by atoms with Gasteiger partial charge in [0.25, 0.3) is 0 Å². The molecular weight excluding hydrogens is 298 g/mol. The molecule has 0 saturated carbocycles. The first kappa shape index (κ1) is 21.2. The fourth-order valence-corrected chi connectivity index (χ4v) is 3.36. The molecule has 3 heteroatoms. The number of hydrogen-bond donors (Lipinski definition) is 1. The van der Waals surface area contributed by atoms with Crippen molar-refractivity contribution in [3.05, 3.63) is 12.2 Å². The van der Waals surface area contributed by atoms with Gasteiger partial charge in [0.15, 0.2) is 0 Å². The highest BCUT2D eigenvalue weighted by Crippen LogP contribution is 2.23. The molecule has 0 aromatic carbocycles. The van der Waals surface area contributed by atoms with Gasteiger partial charge >= 0.3 is 5.97 Å². The number of esters is 1. The molecule has 0 saturated heterocycles. The van der Waals surface area contributed by atoms with E-state index in [0.29, 0.717) is 13.0 Å². The fraction of sp³-hybridized carbons (Fsp3) is 0.857. The average Bonchev–Trinajstić information content (AvgIpc) is 3.06. The first-order valence-electron chi connectivity index (χ1n) is 10.3. The minimum atomic E-state index is -0.00952. The summed E-state index contributed by atoms with van der Waals surface area (Å²) < 4.78 is 5.25. The molecule has 24 heavy (non-hydrogen) atoms. The third-order valence-corrected chi connectivity index (χ3v) is 4.90. The van der Waals surface area contributed by atoms with Crippen molar-refractivity contribution in [2.75, 3.05) is 27.2 Å². The Bertz CT molecular complexity index is 339. The number of quaternary nitrogens is 1. The average molecular weight is 339 g/mol. The summed E-state index contributed by atoms with van der Waals surface area (Å²) in [7, 11) is 4.24. The van der Waals surface area contributed by atoms with E-state index in [1.165, 1.54) is 69.1 Å². The van der Waals surface area contributed by atoms with Crippen molar-refractivity contribution in [1.82, 2.24) is 0 Å². The van der Waals surface area contributed by atoms with Crippen LogP contribution >= 0.6 is 0 Å². The number of carbonyl (C=O) groups excluding carboxylic acids is 1. The molecule has 0 aliphatic heterocycles. The minimum absolute atomic E-state index is 0.00952. The van der Waals surface area contributed by atoms with Gasteiger partial charge in [0.1, 0.15) is 0 Å². The van der Waals surface area contributed by atoms with Crippen molar-refractivity contribution in [2.45, 2.75) is 83.5 Å². The van der Waals surface area contributed by atoms with Gasteiger partial charge in [-0.1, -0.05) is 57.1 Å². The van der Waals surface area contributed by atoms with Crippen LogP contribution in [0, 0.1) is 5.92 Å². The Morgan fingerprint density at radius 2 is 1.67 bits per heavy atom. The van der Waals surface area contributed by atoms with Crippen molar-refractivity contribution in [2.24, 2.45) is 5.92 Å². The third kappa shape index (κ3) is 12.6. The zero-order valence-electron chi connectivity index (χ0n) is 16.2. The Morgan fingerprint density at radius 3 is 2.29 bits per heavy atom. The molecule has 0 amide bonds. The summed E-state index contributed by atoms with van der Waals surface area (Å²) in [6.07, 6.45) is 20.7. The SMILES string of the molecule is C[NH+](C)CCCOC(=O)CCCCCCCCCC[C@H]1C=CCC1. The van der Waals surface area contributed by atoms with Gasteiger partial charge in [0.05, 0.1) is 27.2 Å². The Morgan fingerprint density at radius 1 is 1.00 bits per heavy atom. The van der Waals surface area contributed by atoms with E-state index in [2.05, 4.69) is 26.2 Å². The second kappa shape index (κ2) is 14.5. The lowest BCUT2D eigenvalue weighted by Crippen LogP contribution is -3.05. The highest BCUT2D eigenvalue weighted by molar-refractivity contribution is 5.69. The van der Waals surface area contributed by atoms with Crippen LogP contribution in [0.5, 0.6) is 0 Å². The van der Waals surface area contributed by atoms with Crippen molar-refractivity contribution < 1.29 is 14.4 Å². The molecule has 1 aliphatic carbocycles. The molecule has 0 spiro atoms. The Kier molecular flexibility index (Phi) is 12.8. The van der Waals surface area contributed by atoms with E-state index in [-0.39, 0.29) is 5.97 Å². The Hall–Kier alpha value is -0.830. The van der Waals surface area contributed by atoms with Gasteiger partial charge in [0, 0.05) is 12.8 Å². The minimum Gasteiger partial charge on any atom is -0.465 e. The van der Waals surface area contributed by atoms with E-state index in [1.807, 2.05) is 0 Å². The standard InChI is InChI=1S/C21H39NO2/c1-22(2)18-13-19-24-21(23)17-10-8-6-4-3-5-7-9-14-20-15-11-12-16-20/h11,15,20H,3-10,12-14,16-19H2,1-2H3/p+1/t20-/m0/s1. The van der Waals surface area contributed by atoms with E-state index in [1.54, 1.807) is 0 Å². The first-order valence-corrected chi connectivity index (χ1v) is 10.3. The number of carbonyl (C=O) groups is 1. The molecule has 1 N–H and O–H groups in total. The van der Waals surface area contributed by atoms with E-state index in [9.17, 15) is 4.79 Å².